The van der Waals surface area contributed by atoms with Gasteiger partial charge in [-0.3, -0.25) is 9.59 Å². The van der Waals surface area contributed by atoms with Crippen LogP contribution in [0.1, 0.15) is 36.1 Å². The molecule has 0 radical (unpaired) electrons. The molecule has 2 aliphatic heterocycles. The Morgan fingerprint density at radius 1 is 1.31 bits per heavy atom. The van der Waals surface area contributed by atoms with E-state index in [1.165, 1.54) is 0 Å². The Morgan fingerprint density at radius 2 is 2.17 bits per heavy atom. The molecule has 2 aromatic heterocycles. The summed E-state index contributed by atoms with van der Waals surface area (Å²) in [6, 6.07) is 9.30. The SMILES string of the molecule is CC1(NC(=O)c2cc3ccccc3o2)CCN(C(=O)C2CCc3nncn3C2)C1. The second kappa shape index (κ2) is 6.72. The van der Waals surface area contributed by atoms with Crippen molar-refractivity contribution in [2.45, 2.75) is 38.3 Å². The molecular formula is C21H23N5O3. The smallest absolute Gasteiger partial charge is 0.287 e. The number of likely N-dealkylation sites (tertiary alicyclic amines) is 1. The van der Waals surface area contributed by atoms with Gasteiger partial charge in [0.15, 0.2) is 5.76 Å². The van der Waals surface area contributed by atoms with E-state index in [4.69, 9.17) is 4.42 Å². The number of rotatable bonds is 3. The molecule has 8 nitrogen and oxygen atoms in total. The Balaban J connectivity index is 1.24. The molecule has 29 heavy (non-hydrogen) atoms. The first-order valence-corrected chi connectivity index (χ1v) is 9.97. The van der Waals surface area contributed by atoms with Crippen molar-refractivity contribution in [2.75, 3.05) is 13.1 Å². The van der Waals surface area contributed by atoms with Crippen LogP contribution in [0.25, 0.3) is 11.0 Å². The highest BCUT2D eigenvalue weighted by molar-refractivity contribution is 5.96. The number of carbonyl (C=O) groups excluding carboxylic acids is 2. The maximum absolute atomic E-state index is 13.0. The monoisotopic (exact) mass is 393 g/mol. The Bertz CT molecular complexity index is 1050. The van der Waals surface area contributed by atoms with E-state index in [0.717, 1.165) is 30.5 Å². The van der Waals surface area contributed by atoms with Gasteiger partial charge in [0.2, 0.25) is 5.91 Å². The first-order valence-electron chi connectivity index (χ1n) is 9.97. The predicted octanol–water partition coefficient (Wildman–Crippen LogP) is 2.01. The van der Waals surface area contributed by atoms with Gasteiger partial charge in [0.05, 0.1) is 11.5 Å². The van der Waals surface area contributed by atoms with E-state index in [0.29, 0.717) is 31.0 Å². The van der Waals surface area contributed by atoms with Crippen LogP contribution in [0.5, 0.6) is 0 Å². The fourth-order valence-corrected chi connectivity index (χ4v) is 4.40. The minimum atomic E-state index is -0.470. The molecule has 150 valence electrons. The number of nitrogens with zero attached hydrogens (tertiary/aromatic N) is 4. The van der Waals surface area contributed by atoms with Crippen molar-refractivity contribution < 1.29 is 14.0 Å². The topological polar surface area (TPSA) is 93.3 Å². The van der Waals surface area contributed by atoms with E-state index in [1.807, 2.05) is 40.7 Å². The fraction of sp³-hybridized carbons (Fsp3) is 0.429. The molecule has 2 amide bonds. The van der Waals surface area contributed by atoms with E-state index in [1.54, 1.807) is 12.4 Å². The first kappa shape index (κ1) is 17.9. The van der Waals surface area contributed by atoms with Gasteiger partial charge in [-0.15, -0.1) is 10.2 Å². The number of aryl methyl sites for hydroxylation is 1. The second-order valence-corrected chi connectivity index (χ2v) is 8.31. The minimum Gasteiger partial charge on any atom is -0.451 e. The summed E-state index contributed by atoms with van der Waals surface area (Å²) in [5.41, 5.74) is 0.221. The van der Waals surface area contributed by atoms with Crippen LogP contribution in [0.15, 0.2) is 41.1 Å². The summed E-state index contributed by atoms with van der Waals surface area (Å²) >= 11 is 0. The normalized spacial score (nSPS) is 23.9. The van der Waals surface area contributed by atoms with Crippen LogP contribution in [0.3, 0.4) is 0 Å². The molecule has 0 bridgehead atoms. The number of para-hydroxylation sites is 1. The van der Waals surface area contributed by atoms with Crippen LogP contribution >= 0.6 is 0 Å². The standard InChI is InChI=1S/C21H23N5O3/c1-21(23-19(27)17-10-14-4-2-3-5-16(14)29-17)8-9-25(12-21)20(28)15-6-7-18-24-22-13-26(18)11-15/h2-5,10,13,15H,6-9,11-12H2,1H3,(H,23,27). The summed E-state index contributed by atoms with van der Waals surface area (Å²) in [4.78, 5) is 27.6. The van der Waals surface area contributed by atoms with Gasteiger partial charge in [-0.25, -0.2) is 0 Å². The number of furan rings is 1. The molecule has 0 saturated carbocycles. The van der Waals surface area contributed by atoms with Crippen molar-refractivity contribution in [2.24, 2.45) is 5.92 Å². The van der Waals surface area contributed by atoms with E-state index in [9.17, 15) is 9.59 Å². The number of nitrogens with one attached hydrogen (secondary N) is 1. The molecule has 0 aliphatic carbocycles. The molecule has 1 N–H and O–H groups in total. The number of carbonyl (C=O) groups is 2. The third-order valence-electron chi connectivity index (χ3n) is 6.03. The summed E-state index contributed by atoms with van der Waals surface area (Å²) in [5, 5.41) is 12.0. The number of fused-ring (bicyclic) bond motifs is 2. The Labute approximate surface area is 167 Å². The molecule has 1 aromatic carbocycles. The summed E-state index contributed by atoms with van der Waals surface area (Å²) in [6.07, 6.45) is 3.96. The zero-order valence-electron chi connectivity index (χ0n) is 16.3. The van der Waals surface area contributed by atoms with E-state index in [-0.39, 0.29) is 17.7 Å². The molecule has 4 heterocycles. The number of amides is 2. The van der Waals surface area contributed by atoms with Crippen molar-refractivity contribution >= 4 is 22.8 Å². The number of aromatic nitrogens is 3. The summed E-state index contributed by atoms with van der Waals surface area (Å²) in [7, 11) is 0. The van der Waals surface area contributed by atoms with Gasteiger partial charge in [0.25, 0.3) is 5.91 Å². The Hall–Kier alpha value is -3.16. The first-order chi connectivity index (χ1) is 14.0. The molecule has 1 saturated heterocycles. The highest BCUT2D eigenvalue weighted by atomic mass is 16.3. The lowest BCUT2D eigenvalue weighted by Gasteiger charge is -2.29. The van der Waals surface area contributed by atoms with E-state index < -0.39 is 5.54 Å². The maximum Gasteiger partial charge on any atom is 0.287 e. The lowest BCUT2D eigenvalue weighted by atomic mass is 9.97. The van der Waals surface area contributed by atoms with Crippen LogP contribution in [0, 0.1) is 5.92 Å². The lowest BCUT2D eigenvalue weighted by molar-refractivity contribution is -0.135. The van der Waals surface area contributed by atoms with Crippen LogP contribution in [-0.2, 0) is 17.8 Å². The highest BCUT2D eigenvalue weighted by Gasteiger charge is 2.40. The van der Waals surface area contributed by atoms with Crippen molar-refractivity contribution in [1.29, 1.82) is 0 Å². The summed E-state index contributed by atoms with van der Waals surface area (Å²) in [6.45, 7) is 3.75. The molecule has 8 heteroatoms. The zero-order valence-corrected chi connectivity index (χ0v) is 16.3. The molecule has 1 fully saturated rings. The van der Waals surface area contributed by atoms with Gasteiger partial charge in [-0.2, -0.15) is 0 Å². The maximum atomic E-state index is 13.0. The molecule has 2 atom stereocenters. The molecule has 0 spiro atoms. The van der Waals surface area contributed by atoms with Gasteiger partial charge >= 0.3 is 0 Å². The van der Waals surface area contributed by atoms with E-state index >= 15 is 0 Å². The fourth-order valence-electron chi connectivity index (χ4n) is 4.40. The van der Waals surface area contributed by atoms with Crippen molar-refractivity contribution in [1.82, 2.24) is 25.0 Å². The van der Waals surface area contributed by atoms with Crippen molar-refractivity contribution in [3.05, 3.63) is 48.2 Å². The van der Waals surface area contributed by atoms with Gasteiger partial charge < -0.3 is 19.2 Å². The molecule has 3 aromatic rings. The van der Waals surface area contributed by atoms with Gasteiger partial charge in [-0.1, -0.05) is 18.2 Å². The third-order valence-corrected chi connectivity index (χ3v) is 6.03. The van der Waals surface area contributed by atoms with Crippen LogP contribution in [0.2, 0.25) is 0 Å². The highest BCUT2D eigenvalue weighted by Crippen LogP contribution is 2.27. The summed E-state index contributed by atoms with van der Waals surface area (Å²) in [5.74, 6) is 1.07. The number of hydrogen-bond donors (Lipinski definition) is 1. The van der Waals surface area contributed by atoms with Gasteiger partial charge in [-0.05, 0) is 31.9 Å². The zero-order chi connectivity index (χ0) is 20.0. The van der Waals surface area contributed by atoms with Crippen molar-refractivity contribution in [3.8, 4) is 0 Å². The average molecular weight is 393 g/mol. The molecular weight excluding hydrogens is 370 g/mol. The molecule has 5 rings (SSSR count). The van der Waals surface area contributed by atoms with Crippen LogP contribution in [0.4, 0.5) is 0 Å². The van der Waals surface area contributed by atoms with E-state index in [2.05, 4.69) is 15.5 Å². The third kappa shape index (κ3) is 3.28. The Morgan fingerprint density at radius 3 is 3.03 bits per heavy atom. The minimum absolute atomic E-state index is 0.0630. The number of benzene rings is 1. The average Bonchev–Trinajstić information content (AvgIpc) is 3.44. The van der Waals surface area contributed by atoms with Gasteiger partial charge in [0, 0.05) is 31.4 Å². The van der Waals surface area contributed by atoms with Crippen LogP contribution in [-0.4, -0.2) is 50.1 Å². The largest absolute Gasteiger partial charge is 0.451 e. The lowest BCUT2D eigenvalue weighted by Crippen LogP contribution is -2.49. The number of hydrogen-bond acceptors (Lipinski definition) is 5. The quantitative estimate of drug-likeness (QED) is 0.735. The van der Waals surface area contributed by atoms with Crippen molar-refractivity contribution in [3.63, 3.8) is 0 Å². The summed E-state index contributed by atoms with van der Waals surface area (Å²) < 4.78 is 7.64. The Kier molecular flexibility index (Phi) is 4.15. The predicted molar refractivity (Wildman–Crippen MR) is 105 cm³/mol. The molecule has 2 unspecified atom stereocenters. The second-order valence-electron chi connectivity index (χ2n) is 8.31. The van der Waals surface area contributed by atoms with Gasteiger partial charge in [0.1, 0.15) is 17.7 Å². The van der Waals surface area contributed by atoms with Crippen LogP contribution < -0.4 is 5.32 Å². The molecule has 2 aliphatic rings.